The molecule has 0 saturated heterocycles. The van der Waals surface area contributed by atoms with Crippen molar-refractivity contribution in [2.75, 3.05) is 19.6 Å². The van der Waals surface area contributed by atoms with E-state index in [1.165, 1.54) is 19.4 Å². The maximum absolute atomic E-state index is 6.11. The van der Waals surface area contributed by atoms with Gasteiger partial charge in [-0.3, -0.25) is 0 Å². The van der Waals surface area contributed by atoms with E-state index < -0.39 is 0 Å². The molecule has 1 rings (SSSR count). The monoisotopic (exact) mass is 198 g/mol. The van der Waals surface area contributed by atoms with Crippen LogP contribution in [0.25, 0.3) is 0 Å². The van der Waals surface area contributed by atoms with Crippen LogP contribution in [-0.2, 0) is 0 Å². The number of rotatable bonds is 7. The first-order valence-electron chi connectivity index (χ1n) is 6.09. The van der Waals surface area contributed by atoms with Gasteiger partial charge >= 0.3 is 0 Å². The van der Waals surface area contributed by atoms with Gasteiger partial charge in [0, 0.05) is 19.1 Å². The van der Waals surface area contributed by atoms with Gasteiger partial charge in [-0.05, 0) is 37.6 Å². The molecule has 0 spiro atoms. The van der Waals surface area contributed by atoms with Crippen LogP contribution in [0.2, 0.25) is 0 Å². The maximum atomic E-state index is 6.11. The molecule has 0 bridgehead atoms. The fourth-order valence-corrected chi connectivity index (χ4v) is 2.01. The topological polar surface area (TPSA) is 29.3 Å². The molecule has 0 heterocycles. The van der Waals surface area contributed by atoms with Crippen LogP contribution in [0.5, 0.6) is 0 Å². The summed E-state index contributed by atoms with van der Waals surface area (Å²) in [6.45, 7) is 10.3. The predicted molar refractivity (Wildman–Crippen MR) is 62.3 cm³/mol. The number of nitrogens with zero attached hydrogens (tertiary/aromatic N) is 1. The lowest BCUT2D eigenvalue weighted by atomic mass is 10.0. The number of likely N-dealkylation sites (N-methyl/N-ethyl adjacent to an activating group) is 1. The molecule has 0 aliphatic heterocycles. The second-order valence-electron chi connectivity index (χ2n) is 5.19. The lowest BCUT2D eigenvalue weighted by molar-refractivity contribution is 0.248. The molecular weight excluding hydrogens is 172 g/mol. The summed E-state index contributed by atoms with van der Waals surface area (Å²) >= 11 is 0. The molecule has 0 radical (unpaired) electrons. The third-order valence-corrected chi connectivity index (χ3v) is 2.93. The minimum Gasteiger partial charge on any atom is -0.327 e. The Morgan fingerprint density at radius 3 is 2.43 bits per heavy atom. The van der Waals surface area contributed by atoms with E-state index in [0.717, 1.165) is 31.3 Å². The lowest BCUT2D eigenvalue weighted by Crippen LogP contribution is -2.39. The van der Waals surface area contributed by atoms with Crippen LogP contribution in [0, 0.1) is 11.8 Å². The fraction of sp³-hybridized carbons (Fsp3) is 1.00. The molecule has 0 aromatic rings. The summed E-state index contributed by atoms with van der Waals surface area (Å²) in [5.41, 5.74) is 6.11. The number of hydrogen-bond donors (Lipinski definition) is 1. The molecule has 2 heteroatoms. The van der Waals surface area contributed by atoms with Crippen LogP contribution in [-0.4, -0.2) is 30.6 Å². The van der Waals surface area contributed by atoms with Crippen LogP contribution in [0.4, 0.5) is 0 Å². The standard InChI is InChI=1S/C12H26N2/c1-4-14(8-11-5-6-11)9-12(13)7-10(2)3/h10-12H,4-9,13H2,1-3H3. The van der Waals surface area contributed by atoms with E-state index in [0.29, 0.717) is 6.04 Å². The second kappa shape index (κ2) is 5.72. The molecule has 1 atom stereocenters. The molecule has 0 aromatic carbocycles. The Balaban J connectivity index is 2.16. The summed E-state index contributed by atoms with van der Waals surface area (Å²) in [6.07, 6.45) is 4.03. The highest BCUT2D eigenvalue weighted by Crippen LogP contribution is 2.29. The van der Waals surface area contributed by atoms with Gasteiger partial charge < -0.3 is 10.6 Å². The Bertz CT molecular complexity index is 152. The van der Waals surface area contributed by atoms with E-state index in [2.05, 4.69) is 25.7 Å². The summed E-state index contributed by atoms with van der Waals surface area (Å²) in [6, 6.07) is 0.369. The van der Waals surface area contributed by atoms with Crippen molar-refractivity contribution in [2.24, 2.45) is 17.6 Å². The fourth-order valence-electron chi connectivity index (χ4n) is 2.01. The van der Waals surface area contributed by atoms with Crippen molar-refractivity contribution in [3.05, 3.63) is 0 Å². The van der Waals surface area contributed by atoms with Crippen molar-refractivity contribution >= 4 is 0 Å². The Morgan fingerprint density at radius 1 is 1.36 bits per heavy atom. The van der Waals surface area contributed by atoms with Crippen molar-refractivity contribution in [1.82, 2.24) is 4.90 Å². The minimum absolute atomic E-state index is 0.369. The van der Waals surface area contributed by atoms with Crippen molar-refractivity contribution in [1.29, 1.82) is 0 Å². The highest BCUT2D eigenvalue weighted by Gasteiger charge is 2.24. The average molecular weight is 198 g/mol. The molecule has 1 aliphatic rings. The zero-order chi connectivity index (χ0) is 10.6. The first kappa shape index (κ1) is 12.0. The van der Waals surface area contributed by atoms with Crippen molar-refractivity contribution in [2.45, 2.75) is 46.1 Å². The molecule has 0 aromatic heterocycles. The average Bonchev–Trinajstić information content (AvgIpc) is 2.85. The van der Waals surface area contributed by atoms with Crippen LogP contribution in [0.3, 0.4) is 0 Å². The third-order valence-electron chi connectivity index (χ3n) is 2.93. The van der Waals surface area contributed by atoms with Gasteiger partial charge in [0.2, 0.25) is 0 Å². The van der Waals surface area contributed by atoms with Gasteiger partial charge in [0.15, 0.2) is 0 Å². The summed E-state index contributed by atoms with van der Waals surface area (Å²) in [5, 5.41) is 0. The zero-order valence-corrected chi connectivity index (χ0v) is 10.00. The highest BCUT2D eigenvalue weighted by atomic mass is 15.1. The highest BCUT2D eigenvalue weighted by molar-refractivity contribution is 4.79. The SMILES string of the molecule is CCN(CC(N)CC(C)C)CC1CC1. The van der Waals surface area contributed by atoms with Crippen LogP contribution >= 0.6 is 0 Å². The summed E-state index contributed by atoms with van der Waals surface area (Å²) in [5.74, 6) is 1.71. The number of nitrogens with two attached hydrogens (primary N) is 1. The van der Waals surface area contributed by atoms with Crippen molar-refractivity contribution in [3.8, 4) is 0 Å². The third kappa shape index (κ3) is 4.97. The van der Waals surface area contributed by atoms with Gasteiger partial charge in [-0.15, -0.1) is 0 Å². The van der Waals surface area contributed by atoms with Crippen molar-refractivity contribution < 1.29 is 0 Å². The van der Waals surface area contributed by atoms with E-state index in [1.807, 2.05) is 0 Å². The molecule has 1 unspecified atom stereocenters. The van der Waals surface area contributed by atoms with Crippen LogP contribution < -0.4 is 5.73 Å². The van der Waals surface area contributed by atoms with Gasteiger partial charge in [0.1, 0.15) is 0 Å². The van der Waals surface area contributed by atoms with Gasteiger partial charge in [0.25, 0.3) is 0 Å². The Hall–Kier alpha value is -0.0800. The molecule has 84 valence electrons. The summed E-state index contributed by atoms with van der Waals surface area (Å²) in [4.78, 5) is 2.52. The normalized spacial score (nSPS) is 19.3. The van der Waals surface area contributed by atoms with E-state index >= 15 is 0 Å². The van der Waals surface area contributed by atoms with Gasteiger partial charge in [-0.1, -0.05) is 20.8 Å². The van der Waals surface area contributed by atoms with E-state index in [9.17, 15) is 0 Å². The second-order valence-corrected chi connectivity index (χ2v) is 5.19. The Morgan fingerprint density at radius 2 is 2.00 bits per heavy atom. The van der Waals surface area contributed by atoms with Gasteiger partial charge in [-0.25, -0.2) is 0 Å². The summed E-state index contributed by atoms with van der Waals surface area (Å²) in [7, 11) is 0. The van der Waals surface area contributed by atoms with Crippen molar-refractivity contribution in [3.63, 3.8) is 0 Å². The molecule has 14 heavy (non-hydrogen) atoms. The van der Waals surface area contributed by atoms with E-state index in [1.54, 1.807) is 0 Å². The molecule has 1 saturated carbocycles. The largest absolute Gasteiger partial charge is 0.327 e. The molecular formula is C12H26N2. The van der Waals surface area contributed by atoms with Gasteiger partial charge in [0.05, 0.1) is 0 Å². The Labute approximate surface area is 88.8 Å². The first-order chi connectivity index (χ1) is 6.61. The molecule has 2 N–H and O–H groups in total. The van der Waals surface area contributed by atoms with Crippen LogP contribution in [0.15, 0.2) is 0 Å². The van der Waals surface area contributed by atoms with Gasteiger partial charge in [-0.2, -0.15) is 0 Å². The summed E-state index contributed by atoms with van der Waals surface area (Å²) < 4.78 is 0. The van der Waals surface area contributed by atoms with Crippen LogP contribution in [0.1, 0.15) is 40.0 Å². The minimum atomic E-state index is 0.369. The zero-order valence-electron chi connectivity index (χ0n) is 10.00. The first-order valence-corrected chi connectivity index (χ1v) is 6.09. The maximum Gasteiger partial charge on any atom is 0.0170 e. The van der Waals surface area contributed by atoms with E-state index in [4.69, 9.17) is 5.73 Å². The number of hydrogen-bond acceptors (Lipinski definition) is 2. The molecule has 0 amide bonds. The predicted octanol–water partition coefficient (Wildman–Crippen LogP) is 2.09. The smallest absolute Gasteiger partial charge is 0.0170 e. The van der Waals surface area contributed by atoms with E-state index in [-0.39, 0.29) is 0 Å². The quantitative estimate of drug-likeness (QED) is 0.679. The Kier molecular flexibility index (Phi) is 4.90. The molecule has 1 aliphatic carbocycles. The molecule has 1 fully saturated rings. The molecule has 2 nitrogen and oxygen atoms in total. The lowest BCUT2D eigenvalue weighted by Gasteiger charge is -2.25.